The molecule has 0 atom stereocenters. The summed E-state index contributed by atoms with van der Waals surface area (Å²) < 4.78 is 5.60. The number of anilines is 1. The van der Waals surface area contributed by atoms with E-state index in [4.69, 9.17) is 4.74 Å². The number of nitrogens with one attached hydrogen (secondary N) is 1. The molecule has 3 aromatic rings. The van der Waals surface area contributed by atoms with Crippen LogP contribution in [0.2, 0.25) is 0 Å². The molecule has 1 aliphatic heterocycles. The second kappa shape index (κ2) is 8.71. The van der Waals surface area contributed by atoms with E-state index in [-0.39, 0.29) is 12.5 Å². The molecule has 1 heterocycles. The molecule has 1 fully saturated rings. The maximum absolute atomic E-state index is 12.2. The van der Waals surface area contributed by atoms with E-state index in [9.17, 15) is 9.59 Å². The van der Waals surface area contributed by atoms with Crippen molar-refractivity contribution >= 4 is 51.9 Å². The molecule has 1 N–H and O–H groups in total. The first-order valence-electron chi connectivity index (χ1n) is 8.98. The number of rotatable bonds is 5. The molecule has 1 saturated heterocycles. The van der Waals surface area contributed by atoms with Crippen LogP contribution >= 0.6 is 23.5 Å². The molecule has 0 radical (unpaired) electrons. The van der Waals surface area contributed by atoms with Crippen LogP contribution in [0.1, 0.15) is 20.5 Å². The molecular formula is C22H19NO3S2. The minimum atomic E-state index is -0.494. The third-order valence-electron chi connectivity index (χ3n) is 4.41. The number of esters is 1. The molecule has 0 saturated carbocycles. The van der Waals surface area contributed by atoms with Crippen molar-refractivity contribution in [2.45, 2.75) is 4.58 Å². The van der Waals surface area contributed by atoms with Gasteiger partial charge >= 0.3 is 5.97 Å². The molecule has 3 aromatic carbocycles. The number of benzene rings is 3. The zero-order valence-electron chi connectivity index (χ0n) is 15.1. The van der Waals surface area contributed by atoms with Gasteiger partial charge in [0.2, 0.25) is 0 Å². The Morgan fingerprint density at radius 3 is 2.39 bits per heavy atom. The zero-order valence-corrected chi connectivity index (χ0v) is 16.7. The number of carbonyl (C=O) groups excluding carboxylic acids is 2. The molecule has 1 aliphatic rings. The third kappa shape index (κ3) is 4.51. The largest absolute Gasteiger partial charge is 0.452 e. The van der Waals surface area contributed by atoms with Gasteiger partial charge in [0.15, 0.2) is 6.61 Å². The van der Waals surface area contributed by atoms with Crippen molar-refractivity contribution in [3.05, 3.63) is 77.9 Å². The van der Waals surface area contributed by atoms with Gasteiger partial charge in [-0.2, -0.15) is 0 Å². The van der Waals surface area contributed by atoms with Gasteiger partial charge in [-0.1, -0.05) is 42.5 Å². The summed E-state index contributed by atoms with van der Waals surface area (Å²) in [6.45, 7) is -0.318. The second-order valence-corrected chi connectivity index (χ2v) is 9.11. The molecule has 4 nitrogen and oxygen atoms in total. The predicted molar refractivity (Wildman–Crippen MR) is 117 cm³/mol. The number of carbonyl (C=O) groups is 2. The molecule has 0 bridgehead atoms. The monoisotopic (exact) mass is 409 g/mol. The summed E-state index contributed by atoms with van der Waals surface area (Å²) in [5.41, 5.74) is 2.34. The highest BCUT2D eigenvalue weighted by atomic mass is 32.2. The van der Waals surface area contributed by atoms with Crippen molar-refractivity contribution in [3.63, 3.8) is 0 Å². The van der Waals surface area contributed by atoms with Crippen LogP contribution in [0.3, 0.4) is 0 Å². The Kier molecular flexibility index (Phi) is 5.88. The summed E-state index contributed by atoms with van der Waals surface area (Å²) in [6.07, 6.45) is 0. The van der Waals surface area contributed by atoms with Crippen LogP contribution in [-0.4, -0.2) is 30.0 Å². The summed E-state index contributed by atoms with van der Waals surface area (Å²) >= 11 is 3.84. The molecular weight excluding hydrogens is 390 g/mol. The molecule has 1 amide bonds. The first-order valence-corrected chi connectivity index (χ1v) is 11.1. The van der Waals surface area contributed by atoms with E-state index in [0.717, 1.165) is 22.3 Å². The van der Waals surface area contributed by atoms with Crippen LogP contribution < -0.4 is 5.32 Å². The van der Waals surface area contributed by atoms with E-state index in [0.29, 0.717) is 15.8 Å². The van der Waals surface area contributed by atoms with Gasteiger partial charge < -0.3 is 10.1 Å². The van der Waals surface area contributed by atoms with Gasteiger partial charge in [-0.25, -0.2) is 4.79 Å². The molecule has 28 heavy (non-hydrogen) atoms. The lowest BCUT2D eigenvalue weighted by Gasteiger charge is -2.10. The maximum atomic E-state index is 12.2. The smallest absolute Gasteiger partial charge is 0.338 e. The fourth-order valence-electron chi connectivity index (χ4n) is 3.01. The number of ether oxygens (including phenoxy) is 1. The molecule has 0 aliphatic carbocycles. The molecule has 0 spiro atoms. The van der Waals surface area contributed by atoms with E-state index in [2.05, 4.69) is 5.32 Å². The Morgan fingerprint density at radius 2 is 1.64 bits per heavy atom. The highest BCUT2D eigenvalue weighted by Gasteiger charge is 2.19. The molecule has 142 valence electrons. The van der Waals surface area contributed by atoms with Gasteiger partial charge in [0.25, 0.3) is 5.91 Å². The van der Waals surface area contributed by atoms with Crippen molar-refractivity contribution in [1.29, 1.82) is 0 Å². The number of hydrogen-bond acceptors (Lipinski definition) is 5. The van der Waals surface area contributed by atoms with Gasteiger partial charge in [-0.15, -0.1) is 23.5 Å². The Bertz CT molecular complexity index is 998. The van der Waals surface area contributed by atoms with Crippen molar-refractivity contribution < 1.29 is 14.3 Å². The summed E-state index contributed by atoms with van der Waals surface area (Å²) in [5, 5.41) is 4.90. The third-order valence-corrected chi connectivity index (χ3v) is 7.51. The van der Waals surface area contributed by atoms with E-state index in [1.807, 2.05) is 78.1 Å². The van der Waals surface area contributed by atoms with Crippen molar-refractivity contribution in [3.8, 4) is 0 Å². The fraction of sp³-hybridized carbons (Fsp3) is 0.182. The highest BCUT2D eigenvalue weighted by Crippen LogP contribution is 2.45. The minimum absolute atomic E-state index is 0.318. The van der Waals surface area contributed by atoms with E-state index < -0.39 is 5.97 Å². The standard InChI is InChI=1S/C22H19NO3S2/c24-20(23-19-10-9-15-3-1-2-4-18(15)13-19)14-26-21(25)16-5-7-17(8-6-16)22-27-11-12-28-22/h1-10,13,22H,11-12,14H2,(H,23,24). The molecule has 0 aromatic heterocycles. The van der Waals surface area contributed by atoms with Crippen LogP contribution in [0.5, 0.6) is 0 Å². The summed E-state index contributed by atoms with van der Waals surface area (Å²) in [5.74, 6) is 1.46. The zero-order chi connectivity index (χ0) is 19.3. The van der Waals surface area contributed by atoms with Crippen LogP contribution in [-0.2, 0) is 9.53 Å². The van der Waals surface area contributed by atoms with E-state index in [1.165, 1.54) is 5.56 Å². The van der Waals surface area contributed by atoms with Crippen LogP contribution in [0.4, 0.5) is 5.69 Å². The maximum Gasteiger partial charge on any atom is 0.338 e. The van der Waals surface area contributed by atoms with Crippen molar-refractivity contribution in [2.24, 2.45) is 0 Å². The van der Waals surface area contributed by atoms with E-state index >= 15 is 0 Å². The van der Waals surface area contributed by atoms with Crippen molar-refractivity contribution in [2.75, 3.05) is 23.4 Å². The Morgan fingerprint density at radius 1 is 0.929 bits per heavy atom. The lowest BCUT2D eigenvalue weighted by molar-refractivity contribution is -0.119. The van der Waals surface area contributed by atoms with Gasteiger partial charge in [0.05, 0.1) is 10.1 Å². The molecule has 0 unspecified atom stereocenters. The lowest BCUT2D eigenvalue weighted by atomic mass is 10.1. The Balaban J connectivity index is 1.31. The predicted octanol–water partition coefficient (Wildman–Crippen LogP) is 5.11. The summed E-state index contributed by atoms with van der Waals surface area (Å²) in [4.78, 5) is 24.3. The number of amides is 1. The van der Waals surface area contributed by atoms with Crippen LogP contribution in [0.25, 0.3) is 10.8 Å². The SMILES string of the molecule is O=C(COC(=O)c1ccc(C2SCCS2)cc1)Nc1ccc2ccccc2c1. The summed E-state index contributed by atoms with van der Waals surface area (Å²) in [7, 11) is 0. The number of fused-ring (bicyclic) bond motifs is 1. The quantitative estimate of drug-likeness (QED) is 0.593. The fourth-order valence-corrected chi connectivity index (χ4v) is 5.87. The topological polar surface area (TPSA) is 55.4 Å². The number of hydrogen-bond donors (Lipinski definition) is 1. The minimum Gasteiger partial charge on any atom is -0.452 e. The lowest BCUT2D eigenvalue weighted by Crippen LogP contribution is -2.20. The number of thioether (sulfide) groups is 2. The van der Waals surface area contributed by atoms with E-state index in [1.54, 1.807) is 12.1 Å². The molecule has 4 rings (SSSR count). The summed E-state index contributed by atoms with van der Waals surface area (Å²) in [6, 6.07) is 21.0. The van der Waals surface area contributed by atoms with Crippen LogP contribution in [0, 0.1) is 0 Å². The Labute approximate surface area is 172 Å². The van der Waals surface area contributed by atoms with Gasteiger partial charge in [0.1, 0.15) is 0 Å². The highest BCUT2D eigenvalue weighted by molar-refractivity contribution is 8.19. The Hall–Kier alpha value is -2.44. The normalized spacial score (nSPS) is 14.1. The second-order valence-electron chi connectivity index (χ2n) is 6.38. The first kappa shape index (κ1) is 18.9. The first-order chi connectivity index (χ1) is 13.7. The van der Waals surface area contributed by atoms with Gasteiger partial charge in [0, 0.05) is 17.2 Å². The average Bonchev–Trinajstić information content (AvgIpc) is 3.27. The average molecular weight is 410 g/mol. The molecule has 6 heteroatoms. The van der Waals surface area contributed by atoms with Gasteiger partial charge in [-0.3, -0.25) is 4.79 Å². The van der Waals surface area contributed by atoms with Crippen LogP contribution in [0.15, 0.2) is 66.7 Å². The van der Waals surface area contributed by atoms with Crippen molar-refractivity contribution in [1.82, 2.24) is 0 Å². The van der Waals surface area contributed by atoms with Gasteiger partial charge in [-0.05, 0) is 40.6 Å².